The van der Waals surface area contributed by atoms with Gasteiger partial charge in [-0.3, -0.25) is 0 Å². The molecule has 0 bridgehead atoms. The summed E-state index contributed by atoms with van der Waals surface area (Å²) in [6.07, 6.45) is 11.5. The van der Waals surface area contributed by atoms with Crippen molar-refractivity contribution in [1.82, 2.24) is 9.80 Å². The van der Waals surface area contributed by atoms with E-state index in [-0.39, 0.29) is 6.04 Å². The molecule has 37 heavy (non-hydrogen) atoms. The van der Waals surface area contributed by atoms with Gasteiger partial charge in [0.05, 0.1) is 0 Å². The Bertz CT molecular complexity index is 1240. The predicted molar refractivity (Wildman–Crippen MR) is 158 cm³/mol. The summed E-state index contributed by atoms with van der Waals surface area (Å²) < 4.78 is 0. The second-order valence-corrected chi connectivity index (χ2v) is 12.4. The summed E-state index contributed by atoms with van der Waals surface area (Å²) >= 11 is 0. The van der Waals surface area contributed by atoms with E-state index in [2.05, 4.69) is 85.5 Å². The normalized spacial score (nSPS) is 21.1. The van der Waals surface area contributed by atoms with Crippen molar-refractivity contribution in [3.63, 3.8) is 0 Å². The smallest absolute Gasteiger partial charge is 0.0488 e. The number of benzene rings is 2. The van der Waals surface area contributed by atoms with E-state index >= 15 is 0 Å². The van der Waals surface area contributed by atoms with Crippen molar-refractivity contribution in [1.29, 1.82) is 0 Å². The maximum absolute atomic E-state index is 4.59. The van der Waals surface area contributed by atoms with Crippen LogP contribution in [0, 0.1) is 19.3 Å². The molecule has 1 N–H and O–H groups in total. The average molecular weight is 494 g/mol. The van der Waals surface area contributed by atoms with Crippen LogP contribution in [0.2, 0.25) is 0 Å². The van der Waals surface area contributed by atoms with Crippen LogP contribution < -0.4 is 5.32 Å². The topological polar surface area (TPSA) is 18.5 Å². The number of anilines is 1. The zero-order chi connectivity index (χ0) is 25.7. The SMILES string of the molecule is C=C1C=C(N2CCCCC2)Cc2c1cc(C(=C)N1CC3(CCC3)C1)cc2C(C)Nc1cc(C)cc(C)c1. The molecule has 194 valence electrons. The van der Waals surface area contributed by atoms with Crippen LogP contribution in [-0.4, -0.2) is 36.0 Å². The Hall–Kier alpha value is -2.94. The van der Waals surface area contributed by atoms with Gasteiger partial charge in [-0.1, -0.05) is 25.6 Å². The maximum Gasteiger partial charge on any atom is 0.0488 e. The van der Waals surface area contributed by atoms with Crippen molar-refractivity contribution in [2.75, 3.05) is 31.5 Å². The zero-order valence-corrected chi connectivity index (χ0v) is 23.1. The van der Waals surface area contributed by atoms with Crippen LogP contribution in [-0.2, 0) is 6.42 Å². The summed E-state index contributed by atoms with van der Waals surface area (Å²) in [5, 5.41) is 3.85. The lowest BCUT2D eigenvalue weighted by atomic mass is 9.63. The molecule has 2 aromatic carbocycles. The highest BCUT2D eigenvalue weighted by Gasteiger charge is 2.47. The van der Waals surface area contributed by atoms with Gasteiger partial charge in [-0.15, -0.1) is 0 Å². The lowest BCUT2D eigenvalue weighted by molar-refractivity contribution is -0.0232. The number of allylic oxidation sites excluding steroid dienone is 3. The van der Waals surface area contributed by atoms with E-state index in [0.29, 0.717) is 5.41 Å². The lowest BCUT2D eigenvalue weighted by Crippen LogP contribution is -2.58. The van der Waals surface area contributed by atoms with E-state index in [9.17, 15) is 0 Å². The summed E-state index contributed by atoms with van der Waals surface area (Å²) in [4.78, 5) is 5.11. The van der Waals surface area contributed by atoms with Crippen molar-refractivity contribution in [2.45, 2.75) is 71.8 Å². The summed E-state index contributed by atoms with van der Waals surface area (Å²) in [5.41, 5.74) is 13.5. The highest BCUT2D eigenvalue weighted by molar-refractivity contribution is 5.81. The van der Waals surface area contributed by atoms with E-state index in [4.69, 9.17) is 0 Å². The third kappa shape index (κ3) is 4.62. The number of aryl methyl sites for hydroxylation is 2. The number of rotatable bonds is 6. The first-order chi connectivity index (χ1) is 17.8. The van der Waals surface area contributed by atoms with Crippen LogP contribution in [0.25, 0.3) is 11.3 Å². The Kier molecular flexibility index (Phi) is 6.21. The second kappa shape index (κ2) is 9.42. The number of likely N-dealkylation sites (tertiary alicyclic amines) is 2. The summed E-state index contributed by atoms with van der Waals surface area (Å²) in [6, 6.07) is 11.8. The first kappa shape index (κ1) is 24.4. The van der Waals surface area contributed by atoms with Crippen molar-refractivity contribution in [3.8, 4) is 0 Å². The predicted octanol–water partition coefficient (Wildman–Crippen LogP) is 7.87. The van der Waals surface area contributed by atoms with Gasteiger partial charge in [0, 0.05) is 61.1 Å². The van der Waals surface area contributed by atoms with Gasteiger partial charge in [-0.2, -0.15) is 0 Å². The Morgan fingerprint density at radius 3 is 2.30 bits per heavy atom. The van der Waals surface area contributed by atoms with Gasteiger partial charge in [0.25, 0.3) is 0 Å². The molecule has 2 heterocycles. The molecule has 0 amide bonds. The number of piperidine rings is 1. The Morgan fingerprint density at radius 2 is 1.65 bits per heavy atom. The fourth-order valence-corrected chi connectivity index (χ4v) is 7.14. The monoisotopic (exact) mass is 493 g/mol. The largest absolute Gasteiger partial charge is 0.378 e. The highest BCUT2D eigenvalue weighted by Crippen LogP contribution is 2.50. The van der Waals surface area contributed by atoms with Crippen molar-refractivity contribution >= 4 is 17.0 Å². The van der Waals surface area contributed by atoms with Crippen molar-refractivity contribution < 1.29 is 0 Å². The minimum Gasteiger partial charge on any atom is -0.378 e. The second-order valence-electron chi connectivity index (χ2n) is 12.4. The van der Waals surface area contributed by atoms with Gasteiger partial charge in [0.2, 0.25) is 0 Å². The van der Waals surface area contributed by atoms with Gasteiger partial charge in [0.15, 0.2) is 0 Å². The molecule has 0 aromatic heterocycles. The average Bonchev–Trinajstić information content (AvgIpc) is 2.81. The summed E-state index contributed by atoms with van der Waals surface area (Å²) in [5.74, 6) is 0. The third-order valence-corrected chi connectivity index (χ3v) is 9.34. The van der Waals surface area contributed by atoms with E-state index in [1.54, 1.807) is 0 Å². The molecule has 6 rings (SSSR count). The number of fused-ring (bicyclic) bond motifs is 1. The van der Waals surface area contributed by atoms with Crippen LogP contribution in [0.3, 0.4) is 0 Å². The van der Waals surface area contributed by atoms with Crippen LogP contribution >= 0.6 is 0 Å². The molecular formula is C34H43N3. The van der Waals surface area contributed by atoms with E-state index in [1.165, 1.54) is 115 Å². The lowest BCUT2D eigenvalue weighted by Gasteiger charge is -2.57. The molecule has 2 aromatic rings. The van der Waals surface area contributed by atoms with Crippen LogP contribution in [0.4, 0.5) is 5.69 Å². The minimum atomic E-state index is 0.186. The molecule has 2 aliphatic carbocycles. The van der Waals surface area contributed by atoms with Crippen molar-refractivity contribution in [2.24, 2.45) is 5.41 Å². The first-order valence-electron chi connectivity index (χ1n) is 14.4. The molecule has 2 saturated heterocycles. The quantitative estimate of drug-likeness (QED) is 0.442. The van der Waals surface area contributed by atoms with Crippen LogP contribution in [0.15, 0.2) is 55.3 Å². The van der Waals surface area contributed by atoms with Crippen LogP contribution in [0.5, 0.6) is 0 Å². The minimum absolute atomic E-state index is 0.186. The molecule has 4 aliphatic rings. The van der Waals surface area contributed by atoms with Gasteiger partial charge in [-0.05, 0) is 122 Å². The zero-order valence-electron chi connectivity index (χ0n) is 23.1. The molecule has 3 nitrogen and oxygen atoms in total. The molecule has 3 heteroatoms. The van der Waals surface area contributed by atoms with Gasteiger partial charge >= 0.3 is 0 Å². The first-order valence-corrected chi connectivity index (χ1v) is 14.4. The molecular weight excluding hydrogens is 450 g/mol. The van der Waals surface area contributed by atoms with Gasteiger partial charge in [-0.25, -0.2) is 0 Å². The number of hydrogen-bond donors (Lipinski definition) is 1. The Labute approximate surface area is 223 Å². The Morgan fingerprint density at radius 1 is 0.946 bits per heavy atom. The fourth-order valence-electron chi connectivity index (χ4n) is 7.14. The van der Waals surface area contributed by atoms with Gasteiger partial charge in [0.1, 0.15) is 0 Å². The molecule has 2 aliphatic heterocycles. The summed E-state index contributed by atoms with van der Waals surface area (Å²) in [6.45, 7) is 20.5. The standard InChI is InChI=1S/C34H43N3/c1-23-14-24(2)16-29(15-23)35-26(4)32-19-28(27(5)37-21-34(22-37)10-9-11-34)18-31-25(3)17-30(20-33(31)32)36-12-7-6-8-13-36/h14-19,26,35H,3,5-13,20-22H2,1-2,4H3. The fraction of sp³-hybridized carbons (Fsp3) is 0.471. The maximum atomic E-state index is 4.59. The van der Waals surface area contributed by atoms with E-state index in [0.717, 1.165) is 12.0 Å². The van der Waals surface area contributed by atoms with E-state index in [1.807, 2.05) is 0 Å². The van der Waals surface area contributed by atoms with Gasteiger partial charge < -0.3 is 15.1 Å². The molecule has 3 fully saturated rings. The van der Waals surface area contributed by atoms with Crippen molar-refractivity contribution in [3.05, 3.63) is 88.6 Å². The molecule has 1 atom stereocenters. The molecule has 0 radical (unpaired) electrons. The van der Waals surface area contributed by atoms with E-state index < -0.39 is 0 Å². The molecule has 1 unspecified atom stereocenters. The number of hydrogen-bond acceptors (Lipinski definition) is 3. The number of nitrogens with zero attached hydrogens (tertiary/aromatic N) is 2. The molecule has 1 spiro atoms. The third-order valence-electron chi connectivity index (χ3n) is 9.34. The number of nitrogens with one attached hydrogen (secondary N) is 1. The molecule has 1 saturated carbocycles. The van der Waals surface area contributed by atoms with Crippen LogP contribution in [0.1, 0.15) is 84.9 Å². The Balaban J connectivity index is 1.34. The summed E-state index contributed by atoms with van der Waals surface area (Å²) in [7, 11) is 0. The highest BCUT2D eigenvalue weighted by atomic mass is 15.2.